The van der Waals surface area contributed by atoms with Gasteiger partial charge >= 0.3 is 0 Å². The zero-order valence-corrected chi connectivity index (χ0v) is 13.4. The number of hydrogen-bond acceptors (Lipinski definition) is 5. The third-order valence-electron chi connectivity index (χ3n) is 3.71. The molecular weight excluding hydrogens is 314 g/mol. The summed E-state index contributed by atoms with van der Waals surface area (Å²) >= 11 is 0. The Labute approximate surface area is 134 Å². The van der Waals surface area contributed by atoms with Crippen LogP contribution in [0, 0.1) is 0 Å². The number of hydrogen-bond donors (Lipinski definition) is 2. The summed E-state index contributed by atoms with van der Waals surface area (Å²) in [6.45, 7) is 2.58. The molecule has 0 bridgehead atoms. The van der Waals surface area contributed by atoms with Crippen molar-refractivity contribution in [2.75, 3.05) is 17.6 Å². The van der Waals surface area contributed by atoms with Gasteiger partial charge in [-0.3, -0.25) is 4.79 Å². The molecule has 1 amide bonds. The summed E-state index contributed by atoms with van der Waals surface area (Å²) in [5.74, 6) is -0.514. The number of amides is 1. The number of fused-ring (bicyclic) bond motifs is 1. The fraction of sp³-hybridized carbons (Fsp3) is 0.250. The first-order valence-electron chi connectivity index (χ1n) is 7.34. The van der Waals surface area contributed by atoms with E-state index in [9.17, 15) is 13.2 Å². The van der Waals surface area contributed by atoms with E-state index >= 15 is 0 Å². The average molecular weight is 331 g/mol. The van der Waals surface area contributed by atoms with Crippen LogP contribution in [0.1, 0.15) is 29.0 Å². The fourth-order valence-electron chi connectivity index (χ4n) is 2.72. The smallest absolute Gasteiger partial charge is 0.272 e. The first-order chi connectivity index (χ1) is 11.0. The van der Waals surface area contributed by atoms with Gasteiger partial charge in [-0.15, -0.1) is 0 Å². The van der Waals surface area contributed by atoms with E-state index in [1.54, 1.807) is 36.4 Å². The predicted molar refractivity (Wildman–Crippen MR) is 87.1 cm³/mol. The zero-order valence-electron chi connectivity index (χ0n) is 12.6. The Balaban J connectivity index is 1.88. The van der Waals surface area contributed by atoms with E-state index in [1.807, 2.05) is 6.92 Å². The molecule has 2 N–H and O–H groups in total. The lowest BCUT2D eigenvalue weighted by Crippen LogP contribution is -2.30. The summed E-state index contributed by atoms with van der Waals surface area (Å²) in [5.41, 5.74) is 1.51. The number of nitrogens with one attached hydrogen (secondary N) is 2. The number of anilines is 1. The second kappa shape index (κ2) is 6.00. The summed E-state index contributed by atoms with van der Waals surface area (Å²) in [4.78, 5) is 16.9. The first-order valence-corrected chi connectivity index (χ1v) is 8.99. The van der Waals surface area contributed by atoms with Crippen molar-refractivity contribution in [1.29, 1.82) is 0 Å². The molecule has 1 unspecified atom stereocenters. The van der Waals surface area contributed by atoms with Crippen molar-refractivity contribution >= 4 is 21.4 Å². The Kier molecular flexibility index (Phi) is 4.04. The predicted octanol–water partition coefficient (Wildman–Crippen LogP) is 1.77. The van der Waals surface area contributed by atoms with Crippen molar-refractivity contribution in [3.05, 3.63) is 53.9 Å². The Morgan fingerprint density at radius 2 is 2.04 bits per heavy atom. The molecule has 7 heteroatoms. The van der Waals surface area contributed by atoms with Gasteiger partial charge in [-0.05, 0) is 30.7 Å². The summed E-state index contributed by atoms with van der Waals surface area (Å²) in [6.07, 6.45) is 1.54. The van der Waals surface area contributed by atoms with Gasteiger partial charge in [-0.2, -0.15) is 0 Å². The van der Waals surface area contributed by atoms with Crippen molar-refractivity contribution in [1.82, 2.24) is 10.3 Å². The van der Waals surface area contributed by atoms with E-state index < -0.39 is 21.8 Å². The number of carbonyl (C=O) groups excluding carboxylic acids is 1. The van der Waals surface area contributed by atoms with E-state index in [-0.39, 0.29) is 11.4 Å². The van der Waals surface area contributed by atoms with Crippen LogP contribution in [-0.2, 0) is 9.84 Å². The Morgan fingerprint density at radius 3 is 2.83 bits per heavy atom. The third-order valence-corrected chi connectivity index (χ3v) is 5.52. The first kappa shape index (κ1) is 15.5. The molecule has 1 aliphatic heterocycles. The molecule has 0 radical (unpaired) electrons. The molecule has 0 spiro atoms. The van der Waals surface area contributed by atoms with E-state index in [4.69, 9.17) is 0 Å². The fourth-order valence-corrected chi connectivity index (χ4v) is 4.45. The monoisotopic (exact) mass is 331 g/mol. The van der Waals surface area contributed by atoms with Crippen molar-refractivity contribution in [2.24, 2.45) is 0 Å². The molecule has 1 aliphatic rings. The number of nitrogens with zero attached hydrogens (tertiary/aromatic N) is 1. The molecule has 0 saturated heterocycles. The number of carbonyl (C=O) groups is 1. The van der Waals surface area contributed by atoms with Gasteiger partial charge in [0.2, 0.25) is 0 Å². The van der Waals surface area contributed by atoms with Crippen LogP contribution in [0.5, 0.6) is 0 Å². The lowest BCUT2D eigenvalue weighted by molar-refractivity contribution is 0.0936. The molecule has 1 aromatic heterocycles. The van der Waals surface area contributed by atoms with Gasteiger partial charge in [0.1, 0.15) is 0 Å². The second-order valence-corrected chi connectivity index (χ2v) is 7.28. The summed E-state index contributed by atoms with van der Waals surface area (Å²) < 4.78 is 24.3. The Bertz CT molecular complexity index is 849. The largest absolute Gasteiger partial charge is 0.383 e. The van der Waals surface area contributed by atoms with E-state index in [0.717, 1.165) is 0 Å². The number of aromatic nitrogens is 1. The molecule has 1 atom stereocenters. The molecule has 0 saturated carbocycles. The highest BCUT2D eigenvalue weighted by Gasteiger charge is 2.35. The zero-order chi connectivity index (χ0) is 16.4. The highest BCUT2D eigenvalue weighted by molar-refractivity contribution is 7.91. The van der Waals surface area contributed by atoms with Crippen LogP contribution < -0.4 is 10.6 Å². The van der Waals surface area contributed by atoms with Gasteiger partial charge in [-0.25, -0.2) is 13.4 Å². The van der Waals surface area contributed by atoms with Crippen LogP contribution in [0.4, 0.5) is 5.69 Å². The third kappa shape index (κ3) is 2.92. The molecule has 120 valence electrons. The second-order valence-electron chi connectivity index (χ2n) is 5.28. The minimum Gasteiger partial charge on any atom is -0.383 e. The number of pyridine rings is 1. The minimum atomic E-state index is -3.35. The van der Waals surface area contributed by atoms with Crippen LogP contribution >= 0.6 is 0 Å². The SMILES string of the molecule is CCNc1cccnc1C(=O)NC1CS(=O)(=O)c2ccccc21. The molecule has 1 aromatic carbocycles. The van der Waals surface area contributed by atoms with Gasteiger partial charge in [0.15, 0.2) is 15.5 Å². The molecule has 3 rings (SSSR count). The van der Waals surface area contributed by atoms with Gasteiger partial charge in [0.25, 0.3) is 5.91 Å². The summed E-state index contributed by atoms with van der Waals surface area (Å²) in [5, 5.41) is 5.86. The number of sulfone groups is 1. The maximum Gasteiger partial charge on any atom is 0.272 e. The lowest BCUT2D eigenvalue weighted by Gasteiger charge is -2.14. The maximum absolute atomic E-state index is 12.5. The van der Waals surface area contributed by atoms with Crippen molar-refractivity contribution < 1.29 is 13.2 Å². The van der Waals surface area contributed by atoms with E-state index in [0.29, 0.717) is 22.7 Å². The number of benzene rings is 1. The van der Waals surface area contributed by atoms with Crippen LogP contribution in [-0.4, -0.2) is 31.6 Å². The van der Waals surface area contributed by atoms with Gasteiger partial charge in [0, 0.05) is 12.7 Å². The van der Waals surface area contributed by atoms with Gasteiger partial charge in [-0.1, -0.05) is 18.2 Å². The van der Waals surface area contributed by atoms with Crippen molar-refractivity contribution in [3.8, 4) is 0 Å². The lowest BCUT2D eigenvalue weighted by atomic mass is 10.1. The number of rotatable bonds is 4. The topological polar surface area (TPSA) is 88.2 Å². The molecule has 0 fully saturated rings. The Hall–Kier alpha value is -2.41. The van der Waals surface area contributed by atoms with Crippen LogP contribution in [0.3, 0.4) is 0 Å². The normalized spacial score (nSPS) is 18.2. The molecular formula is C16H17N3O3S. The van der Waals surface area contributed by atoms with Gasteiger partial charge in [0.05, 0.1) is 22.4 Å². The molecule has 0 aliphatic carbocycles. The molecule has 2 aromatic rings. The summed E-state index contributed by atoms with van der Waals surface area (Å²) in [6, 6.07) is 9.71. The average Bonchev–Trinajstić information content (AvgIpc) is 2.79. The van der Waals surface area contributed by atoms with Crippen LogP contribution in [0.2, 0.25) is 0 Å². The molecule has 2 heterocycles. The molecule has 6 nitrogen and oxygen atoms in total. The highest BCUT2D eigenvalue weighted by atomic mass is 32.2. The van der Waals surface area contributed by atoms with Crippen molar-refractivity contribution in [2.45, 2.75) is 17.9 Å². The van der Waals surface area contributed by atoms with Crippen molar-refractivity contribution in [3.63, 3.8) is 0 Å². The Morgan fingerprint density at radius 1 is 1.26 bits per heavy atom. The minimum absolute atomic E-state index is 0.124. The summed E-state index contributed by atoms with van der Waals surface area (Å²) in [7, 11) is -3.35. The quantitative estimate of drug-likeness (QED) is 0.891. The molecule has 23 heavy (non-hydrogen) atoms. The standard InChI is InChI=1S/C16H17N3O3S/c1-2-17-12-7-5-9-18-15(12)16(20)19-13-10-23(21,22)14-8-4-3-6-11(13)14/h3-9,13,17H,2,10H2,1H3,(H,19,20). The highest BCUT2D eigenvalue weighted by Crippen LogP contribution is 2.33. The van der Waals surface area contributed by atoms with Crippen LogP contribution in [0.25, 0.3) is 0 Å². The maximum atomic E-state index is 12.5. The van der Waals surface area contributed by atoms with Gasteiger partial charge < -0.3 is 10.6 Å². The van der Waals surface area contributed by atoms with Crippen LogP contribution in [0.15, 0.2) is 47.5 Å². The van der Waals surface area contributed by atoms with E-state index in [2.05, 4.69) is 15.6 Å². The van der Waals surface area contributed by atoms with E-state index in [1.165, 1.54) is 6.20 Å².